The molecule has 2 heteroatoms. The molecule has 0 amide bonds. The van der Waals surface area contributed by atoms with Crippen molar-refractivity contribution in [1.29, 1.82) is 0 Å². The molecular weight excluding hydrogens is 388 g/mol. The predicted octanol–water partition coefficient (Wildman–Crippen LogP) is 4.74. The number of rotatable bonds is 3. The number of allylic oxidation sites excluding steroid dienone is 2. The lowest BCUT2D eigenvalue weighted by atomic mass is 10.0. The van der Waals surface area contributed by atoms with Crippen molar-refractivity contribution in [3.8, 4) is 0 Å². The summed E-state index contributed by atoms with van der Waals surface area (Å²) in [6, 6.07) is 35.0. The van der Waals surface area contributed by atoms with E-state index in [0.717, 1.165) is 6.54 Å². The molecule has 1 unspecified atom stereocenters. The van der Waals surface area contributed by atoms with Crippen LogP contribution in [0.2, 0.25) is 0 Å². The van der Waals surface area contributed by atoms with Gasteiger partial charge in [0.2, 0.25) is 6.34 Å². The van der Waals surface area contributed by atoms with Crippen LogP contribution in [0.15, 0.2) is 109 Å². The van der Waals surface area contributed by atoms with Crippen molar-refractivity contribution in [1.82, 2.24) is 4.90 Å². The van der Waals surface area contributed by atoms with Crippen LogP contribution in [0.4, 0.5) is 0 Å². The maximum absolute atomic E-state index is 2.45. The fraction of sp³-hybridized carbons (Fsp3) is 0.0667. The summed E-state index contributed by atoms with van der Waals surface area (Å²) < 4.78 is 2.38. The van der Waals surface area contributed by atoms with Crippen molar-refractivity contribution in [2.45, 2.75) is 12.6 Å². The molecular formula is C30H24N2. The first-order valence-corrected chi connectivity index (χ1v) is 11.1. The summed E-state index contributed by atoms with van der Waals surface area (Å²) in [5, 5.41) is 3.76. The molecule has 0 radical (unpaired) electrons. The van der Waals surface area contributed by atoms with E-state index in [-0.39, 0.29) is 6.04 Å². The number of fused-ring (bicyclic) bond motifs is 2. The summed E-state index contributed by atoms with van der Waals surface area (Å²) in [5.74, 6) is 0. The molecule has 0 saturated heterocycles. The topological polar surface area (TPSA) is 9.14 Å². The minimum atomic E-state index is 0.173. The van der Waals surface area contributed by atoms with Gasteiger partial charge in [-0.2, -0.15) is 4.24 Å². The lowest BCUT2D eigenvalue weighted by molar-refractivity contribution is -0.525. The van der Waals surface area contributed by atoms with Gasteiger partial charge in [0, 0.05) is 5.56 Å². The van der Waals surface area contributed by atoms with Gasteiger partial charge in [0.15, 0.2) is 11.7 Å². The molecule has 1 aliphatic heterocycles. The molecule has 3 aromatic carbocycles. The van der Waals surface area contributed by atoms with Gasteiger partial charge in [-0.3, -0.25) is 0 Å². The first-order valence-electron chi connectivity index (χ1n) is 11.1. The summed E-state index contributed by atoms with van der Waals surface area (Å²) in [7, 11) is 0. The third-order valence-corrected chi connectivity index (χ3v) is 6.32. The molecule has 0 saturated carbocycles. The molecule has 4 aromatic rings. The highest BCUT2D eigenvalue weighted by Gasteiger charge is 2.34. The number of aromatic nitrogens is 1. The second-order valence-corrected chi connectivity index (χ2v) is 8.32. The zero-order chi connectivity index (χ0) is 21.3. The van der Waals surface area contributed by atoms with Gasteiger partial charge in [-0.15, -0.1) is 42.3 Å². The highest BCUT2D eigenvalue weighted by atomic mass is 15.2. The van der Waals surface area contributed by atoms with Crippen LogP contribution in [0.1, 0.15) is 28.4 Å². The molecule has 0 bridgehead atoms. The first kappa shape index (κ1) is 18.7. The Bertz CT molecular complexity index is 1520. The highest BCUT2D eigenvalue weighted by molar-refractivity contribution is 5.49. The normalized spacial score (nSPS) is 17.0. The van der Waals surface area contributed by atoms with Gasteiger partial charge < -0.3 is 0 Å². The van der Waals surface area contributed by atoms with Gasteiger partial charge in [0.05, 0.1) is 0 Å². The van der Waals surface area contributed by atoms with Gasteiger partial charge in [0.1, 0.15) is 11.9 Å². The molecule has 0 N–H and O–H groups in total. The molecule has 1 aromatic heterocycles. The van der Waals surface area contributed by atoms with Crippen molar-refractivity contribution >= 4 is 6.08 Å². The van der Waals surface area contributed by atoms with Gasteiger partial charge >= 0.3 is 0 Å². The molecule has 2 aliphatic rings. The lowest BCUT2D eigenvalue weighted by Gasteiger charge is -2.18. The Labute approximate surface area is 188 Å². The predicted molar refractivity (Wildman–Crippen MR) is 127 cm³/mol. The maximum atomic E-state index is 2.45. The van der Waals surface area contributed by atoms with E-state index in [2.05, 4.69) is 137 Å². The SMILES string of the molecule is C1=C[CH-]c2ccc/c(=c3/cccc4[n+]3=CN(Cc3ccccc3)C4c3ccccc3)c2=C1. The van der Waals surface area contributed by atoms with Crippen LogP contribution in [-0.2, 0) is 6.54 Å². The van der Waals surface area contributed by atoms with Crippen LogP contribution in [0.25, 0.3) is 6.08 Å². The zero-order valence-corrected chi connectivity index (χ0v) is 17.8. The second kappa shape index (κ2) is 7.90. The van der Waals surface area contributed by atoms with Crippen molar-refractivity contribution in [2.75, 3.05) is 0 Å². The highest BCUT2D eigenvalue weighted by Crippen LogP contribution is 2.30. The quantitative estimate of drug-likeness (QED) is 0.349. The lowest BCUT2D eigenvalue weighted by Crippen LogP contribution is -2.24. The van der Waals surface area contributed by atoms with Crippen LogP contribution in [0, 0.1) is 23.3 Å². The summed E-state index contributed by atoms with van der Waals surface area (Å²) in [5.41, 5.74) is 5.17. The van der Waals surface area contributed by atoms with Crippen LogP contribution < -0.4 is 9.46 Å². The van der Waals surface area contributed by atoms with Gasteiger partial charge in [-0.25, -0.2) is 4.90 Å². The molecule has 2 heterocycles. The minimum absolute atomic E-state index is 0.173. The minimum Gasteiger partial charge on any atom is -0.249 e. The Hall–Kier alpha value is -4.04. The summed E-state index contributed by atoms with van der Waals surface area (Å²) >= 11 is 0. The average molecular weight is 413 g/mol. The second-order valence-electron chi connectivity index (χ2n) is 8.32. The molecule has 0 fully saturated rings. The maximum Gasteiger partial charge on any atom is 0.245 e. The van der Waals surface area contributed by atoms with Crippen LogP contribution >= 0.6 is 0 Å². The molecule has 32 heavy (non-hydrogen) atoms. The van der Waals surface area contributed by atoms with E-state index in [9.17, 15) is 0 Å². The van der Waals surface area contributed by atoms with Crippen LogP contribution in [0.3, 0.4) is 0 Å². The van der Waals surface area contributed by atoms with Crippen molar-refractivity contribution in [2.24, 2.45) is 0 Å². The molecule has 1 aliphatic carbocycles. The molecule has 1 atom stereocenters. The zero-order valence-electron chi connectivity index (χ0n) is 17.8. The smallest absolute Gasteiger partial charge is 0.245 e. The Morgan fingerprint density at radius 1 is 0.781 bits per heavy atom. The number of nitrogens with zero attached hydrogens (tertiary/aromatic N) is 2. The summed E-state index contributed by atoms with van der Waals surface area (Å²) in [4.78, 5) is 2.45. The van der Waals surface area contributed by atoms with Crippen molar-refractivity contribution in [3.63, 3.8) is 0 Å². The van der Waals surface area contributed by atoms with Gasteiger partial charge in [-0.05, 0) is 22.9 Å². The van der Waals surface area contributed by atoms with E-state index in [1.807, 2.05) is 0 Å². The van der Waals surface area contributed by atoms with Crippen molar-refractivity contribution in [3.05, 3.63) is 160 Å². The summed E-state index contributed by atoms with van der Waals surface area (Å²) in [6.45, 7) is 0.858. The van der Waals surface area contributed by atoms with E-state index in [1.54, 1.807) is 0 Å². The van der Waals surface area contributed by atoms with E-state index in [4.69, 9.17) is 0 Å². The largest absolute Gasteiger partial charge is 0.249 e. The number of hydrogen-bond donors (Lipinski definition) is 0. The van der Waals surface area contributed by atoms with Crippen LogP contribution in [0.5, 0.6) is 0 Å². The Morgan fingerprint density at radius 3 is 2.41 bits per heavy atom. The van der Waals surface area contributed by atoms with E-state index in [1.165, 1.54) is 38.2 Å². The van der Waals surface area contributed by atoms with Gasteiger partial charge in [0.25, 0.3) is 0 Å². The molecule has 0 spiro atoms. The number of hydrogen-bond acceptors (Lipinski definition) is 1. The summed E-state index contributed by atoms with van der Waals surface area (Å²) in [6.07, 6.45) is 10.9. The third-order valence-electron chi connectivity index (χ3n) is 6.32. The Kier molecular flexibility index (Phi) is 4.62. The van der Waals surface area contributed by atoms with E-state index in [0.29, 0.717) is 0 Å². The molecule has 154 valence electrons. The first-order chi connectivity index (χ1) is 15.9. The average Bonchev–Trinajstić information content (AvgIpc) is 3.23. The molecule has 2 nitrogen and oxygen atoms in total. The number of benzene rings is 3. The van der Waals surface area contributed by atoms with E-state index < -0.39 is 0 Å². The van der Waals surface area contributed by atoms with Crippen molar-refractivity contribution < 1.29 is 4.24 Å². The molecule has 6 rings (SSSR count). The fourth-order valence-corrected chi connectivity index (χ4v) is 4.87. The standard InChI is InChI=1S/C30H24N2/c1-3-11-23(12-4-1)21-31-22-32-28(27-18-9-16-24-13-7-8-17-26(24)27)19-10-20-29(32)30(31)25-14-5-2-6-15-25/h1-20,22,30H,21H2/b28-27+. The number of pyridine rings is 1. The fourth-order valence-electron chi connectivity index (χ4n) is 4.87. The van der Waals surface area contributed by atoms with E-state index >= 15 is 0 Å². The third kappa shape index (κ3) is 3.21. The van der Waals surface area contributed by atoms with Gasteiger partial charge in [-0.1, -0.05) is 78.0 Å². The Balaban J connectivity index is 1.63. The Morgan fingerprint density at radius 2 is 1.56 bits per heavy atom. The van der Waals surface area contributed by atoms with Crippen LogP contribution in [-0.4, -0.2) is 4.90 Å². The monoisotopic (exact) mass is 412 g/mol.